The summed E-state index contributed by atoms with van der Waals surface area (Å²) in [5, 5.41) is 18.8. The van der Waals surface area contributed by atoms with Crippen LogP contribution in [0.1, 0.15) is 5.56 Å². The number of benzene rings is 1. The van der Waals surface area contributed by atoms with Crippen molar-refractivity contribution in [2.45, 2.75) is 6.10 Å². The third-order valence-electron chi connectivity index (χ3n) is 3.37. The molecule has 0 bridgehead atoms. The molecule has 0 saturated heterocycles. The zero-order valence-electron chi connectivity index (χ0n) is 10.1. The van der Waals surface area contributed by atoms with Crippen LogP contribution in [0, 0.1) is 28.1 Å². The highest BCUT2D eigenvalue weighted by Crippen LogP contribution is 2.60. The number of hydrogen-bond donors (Lipinski definition) is 0. The summed E-state index contributed by atoms with van der Waals surface area (Å²) in [4.78, 5) is 0. The molecule has 1 unspecified atom stereocenters. The standard InChI is InChI=1S/C16H10N2O/c17-10-16(11-18)14(12-6-2-1-3-7-12)15(16)13-8-4-5-9-19-13/h1-9,13H. The summed E-state index contributed by atoms with van der Waals surface area (Å²) in [5.74, 6) is 0. The predicted molar refractivity (Wildman–Crippen MR) is 70.2 cm³/mol. The minimum Gasteiger partial charge on any atom is -0.489 e. The Morgan fingerprint density at radius 3 is 2.37 bits per heavy atom. The van der Waals surface area contributed by atoms with E-state index in [9.17, 15) is 10.5 Å². The Labute approximate surface area is 111 Å². The normalized spacial score (nSPS) is 22.3. The predicted octanol–water partition coefficient (Wildman–Crippen LogP) is 2.96. The molecule has 0 saturated carbocycles. The van der Waals surface area contributed by atoms with Gasteiger partial charge in [-0.25, -0.2) is 0 Å². The topological polar surface area (TPSA) is 56.8 Å². The van der Waals surface area contributed by atoms with Gasteiger partial charge in [-0.2, -0.15) is 10.5 Å². The Hall–Kier alpha value is -2.78. The smallest absolute Gasteiger partial charge is 0.194 e. The maximum Gasteiger partial charge on any atom is 0.194 e. The summed E-state index contributed by atoms with van der Waals surface area (Å²) in [7, 11) is 0. The number of rotatable bonds is 2. The van der Waals surface area contributed by atoms with Crippen molar-refractivity contribution in [1.29, 1.82) is 10.5 Å². The molecule has 0 N–H and O–H groups in total. The van der Waals surface area contributed by atoms with Crippen LogP contribution in [0.25, 0.3) is 5.57 Å². The fraction of sp³-hybridized carbons (Fsp3) is 0.125. The van der Waals surface area contributed by atoms with Gasteiger partial charge in [0.05, 0.1) is 18.4 Å². The van der Waals surface area contributed by atoms with Crippen LogP contribution in [0.5, 0.6) is 0 Å². The van der Waals surface area contributed by atoms with Gasteiger partial charge in [-0.1, -0.05) is 36.4 Å². The monoisotopic (exact) mass is 246 g/mol. The molecular weight excluding hydrogens is 236 g/mol. The molecule has 1 aromatic rings. The molecule has 1 aliphatic carbocycles. The Morgan fingerprint density at radius 1 is 1.05 bits per heavy atom. The lowest BCUT2D eigenvalue weighted by molar-refractivity contribution is 0.213. The van der Waals surface area contributed by atoms with Gasteiger partial charge in [-0.05, 0) is 17.7 Å². The van der Waals surface area contributed by atoms with Crippen molar-refractivity contribution in [1.82, 2.24) is 0 Å². The zero-order valence-corrected chi connectivity index (χ0v) is 10.1. The van der Waals surface area contributed by atoms with Gasteiger partial charge in [0, 0.05) is 11.1 Å². The van der Waals surface area contributed by atoms with Gasteiger partial charge < -0.3 is 4.74 Å². The van der Waals surface area contributed by atoms with E-state index in [-0.39, 0.29) is 6.10 Å². The van der Waals surface area contributed by atoms with Crippen LogP contribution in [-0.4, -0.2) is 6.10 Å². The van der Waals surface area contributed by atoms with Crippen LogP contribution >= 0.6 is 0 Å². The first kappa shape index (κ1) is 11.3. The van der Waals surface area contributed by atoms with E-state index in [2.05, 4.69) is 12.1 Å². The van der Waals surface area contributed by atoms with Crippen molar-refractivity contribution in [3.63, 3.8) is 0 Å². The second kappa shape index (κ2) is 4.15. The van der Waals surface area contributed by atoms with Crippen LogP contribution in [0.4, 0.5) is 0 Å². The van der Waals surface area contributed by atoms with Gasteiger partial charge in [0.2, 0.25) is 0 Å². The molecule has 1 aromatic carbocycles. The number of hydrogen-bond acceptors (Lipinski definition) is 3. The van der Waals surface area contributed by atoms with E-state index in [1.54, 1.807) is 12.3 Å². The molecule has 0 aromatic heterocycles. The summed E-state index contributed by atoms with van der Waals surface area (Å²) in [6.07, 6.45) is 6.76. The summed E-state index contributed by atoms with van der Waals surface area (Å²) in [5.41, 5.74) is 1.31. The van der Waals surface area contributed by atoms with Crippen molar-refractivity contribution in [3.05, 3.63) is 66.0 Å². The summed E-state index contributed by atoms with van der Waals surface area (Å²) >= 11 is 0. The van der Waals surface area contributed by atoms with E-state index in [0.717, 1.165) is 16.7 Å². The van der Waals surface area contributed by atoms with Crippen molar-refractivity contribution in [2.24, 2.45) is 5.41 Å². The van der Waals surface area contributed by atoms with Gasteiger partial charge in [-0.15, -0.1) is 0 Å². The summed E-state index contributed by atoms with van der Waals surface area (Å²) < 4.78 is 5.49. The third-order valence-corrected chi connectivity index (χ3v) is 3.37. The Morgan fingerprint density at radius 2 is 1.79 bits per heavy atom. The van der Waals surface area contributed by atoms with E-state index >= 15 is 0 Å². The second-order valence-electron chi connectivity index (χ2n) is 4.40. The fourth-order valence-electron chi connectivity index (χ4n) is 2.44. The number of allylic oxidation sites excluding steroid dienone is 3. The van der Waals surface area contributed by atoms with Gasteiger partial charge in [0.25, 0.3) is 0 Å². The maximum absolute atomic E-state index is 9.38. The van der Waals surface area contributed by atoms with Crippen LogP contribution in [0.2, 0.25) is 0 Å². The molecule has 0 radical (unpaired) electrons. The van der Waals surface area contributed by atoms with Crippen molar-refractivity contribution in [2.75, 3.05) is 0 Å². The molecule has 1 atom stereocenters. The first-order valence-corrected chi connectivity index (χ1v) is 5.95. The lowest BCUT2D eigenvalue weighted by atomic mass is 9.96. The fourth-order valence-corrected chi connectivity index (χ4v) is 2.44. The molecule has 1 aliphatic heterocycles. The molecule has 0 fully saturated rings. The van der Waals surface area contributed by atoms with E-state index < -0.39 is 5.41 Å². The van der Waals surface area contributed by atoms with Gasteiger partial charge >= 0.3 is 0 Å². The largest absolute Gasteiger partial charge is 0.489 e. The second-order valence-corrected chi connectivity index (χ2v) is 4.40. The van der Waals surface area contributed by atoms with Crippen LogP contribution in [0.15, 0.2) is 60.4 Å². The molecule has 1 heterocycles. The summed E-state index contributed by atoms with van der Waals surface area (Å²) in [6, 6.07) is 13.8. The van der Waals surface area contributed by atoms with Crippen molar-refractivity contribution < 1.29 is 4.74 Å². The van der Waals surface area contributed by atoms with E-state index in [4.69, 9.17) is 4.74 Å². The van der Waals surface area contributed by atoms with Crippen molar-refractivity contribution in [3.8, 4) is 12.1 Å². The molecule has 3 rings (SSSR count). The first-order valence-electron chi connectivity index (χ1n) is 5.95. The molecule has 3 heteroatoms. The van der Waals surface area contributed by atoms with Gasteiger partial charge in [-0.3, -0.25) is 0 Å². The number of nitriles is 2. The molecule has 2 aliphatic rings. The molecule has 3 nitrogen and oxygen atoms in total. The highest BCUT2D eigenvalue weighted by atomic mass is 16.5. The quantitative estimate of drug-likeness (QED) is 0.806. The van der Waals surface area contributed by atoms with E-state index in [1.165, 1.54) is 0 Å². The SMILES string of the molecule is N#CC1(C#N)C(c2ccccc2)=C1C1C=CC=CO1. The lowest BCUT2D eigenvalue weighted by Crippen LogP contribution is -2.13. The third kappa shape index (κ3) is 1.57. The summed E-state index contributed by atoms with van der Waals surface area (Å²) in [6.45, 7) is 0. The average molecular weight is 246 g/mol. The lowest BCUT2D eigenvalue weighted by Gasteiger charge is -2.13. The first-order chi connectivity index (χ1) is 9.33. The Bertz CT molecular complexity index is 670. The molecule has 90 valence electrons. The minimum atomic E-state index is -1.14. The highest BCUT2D eigenvalue weighted by Gasteiger charge is 2.58. The van der Waals surface area contributed by atoms with E-state index in [1.807, 2.05) is 42.5 Å². The number of nitrogens with zero attached hydrogens (tertiary/aromatic N) is 2. The average Bonchev–Trinajstić information content (AvgIpc) is 3.18. The molecule has 0 amide bonds. The van der Waals surface area contributed by atoms with Crippen LogP contribution in [-0.2, 0) is 4.74 Å². The zero-order chi connectivity index (χ0) is 13.3. The Kier molecular flexibility index (Phi) is 2.47. The number of ether oxygens (including phenoxy) is 1. The van der Waals surface area contributed by atoms with Crippen molar-refractivity contribution >= 4 is 5.57 Å². The highest BCUT2D eigenvalue weighted by molar-refractivity contribution is 5.97. The van der Waals surface area contributed by atoms with E-state index in [0.29, 0.717) is 0 Å². The molecule has 19 heavy (non-hydrogen) atoms. The minimum absolute atomic E-state index is 0.320. The maximum atomic E-state index is 9.38. The van der Waals surface area contributed by atoms with Crippen LogP contribution < -0.4 is 0 Å². The molecule has 0 spiro atoms. The van der Waals surface area contributed by atoms with Gasteiger partial charge in [0.15, 0.2) is 5.41 Å². The molecular formula is C16H10N2O. The Balaban J connectivity index is 2.06. The van der Waals surface area contributed by atoms with Crippen LogP contribution in [0.3, 0.4) is 0 Å². The van der Waals surface area contributed by atoms with Gasteiger partial charge in [0.1, 0.15) is 6.10 Å².